The topological polar surface area (TPSA) is 98.7 Å². The first-order valence-electron chi connectivity index (χ1n) is 10.2. The molecule has 8 nitrogen and oxygen atoms in total. The van der Waals surface area contributed by atoms with E-state index in [1.54, 1.807) is 36.0 Å². The second kappa shape index (κ2) is 8.70. The van der Waals surface area contributed by atoms with E-state index in [1.807, 2.05) is 26.8 Å². The smallest absolute Gasteiger partial charge is 0.259 e. The van der Waals surface area contributed by atoms with Crippen molar-refractivity contribution in [2.24, 2.45) is 0 Å². The van der Waals surface area contributed by atoms with E-state index in [0.29, 0.717) is 34.4 Å². The fourth-order valence-corrected chi connectivity index (χ4v) is 3.20. The summed E-state index contributed by atoms with van der Waals surface area (Å²) in [5, 5.41) is 11.2. The zero-order valence-electron chi connectivity index (χ0n) is 18.2. The Bertz CT molecular complexity index is 1230. The average Bonchev–Trinajstić information content (AvgIpc) is 3.42. The second-order valence-corrected chi connectivity index (χ2v) is 7.82. The molecule has 1 aromatic carbocycles. The number of pyridine rings is 1. The number of aromatic nitrogens is 5. The quantitative estimate of drug-likeness (QED) is 0.484. The van der Waals surface area contributed by atoms with E-state index in [9.17, 15) is 9.18 Å². The van der Waals surface area contributed by atoms with Crippen LogP contribution in [0.3, 0.4) is 0 Å². The van der Waals surface area contributed by atoms with Crippen molar-refractivity contribution in [1.29, 1.82) is 0 Å². The first-order chi connectivity index (χ1) is 15.3. The van der Waals surface area contributed by atoms with E-state index in [2.05, 4.69) is 25.5 Å². The van der Waals surface area contributed by atoms with Crippen LogP contribution in [0.1, 0.15) is 60.2 Å². The summed E-state index contributed by atoms with van der Waals surface area (Å²) in [6.45, 7) is 7.62. The fourth-order valence-electron chi connectivity index (χ4n) is 3.20. The molecule has 164 valence electrons. The van der Waals surface area contributed by atoms with Gasteiger partial charge in [-0.1, -0.05) is 31.1 Å². The van der Waals surface area contributed by atoms with Crippen LogP contribution in [0.5, 0.6) is 0 Å². The monoisotopic (exact) mass is 434 g/mol. The number of hydrogen-bond donors (Lipinski definition) is 1. The Morgan fingerprint density at radius 3 is 2.47 bits per heavy atom. The minimum atomic E-state index is -0.317. The number of carbonyl (C=O) groups excluding carboxylic acids is 1. The number of benzene rings is 1. The SMILES string of the molecule is Cc1c(C(=O)N[C@@H](C)c2ccc(F)cc2)cnn1-c1ccc(-c2nc(C(C)C)no2)cn1. The highest BCUT2D eigenvalue weighted by Crippen LogP contribution is 2.21. The van der Waals surface area contributed by atoms with E-state index >= 15 is 0 Å². The lowest BCUT2D eigenvalue weighted by Crippen LogP contribution is -2.27. The molecule has 0 aliphatic rings. The lowest BCUT2D eigenvalue weighted by molar-refractivity contribution is 0.0939. The molecule has 0 saturated carbocycles. The summed E-state index contributed by atoms with van der Waals surface area (Å²) >= 11 is 0. The number of amides is 1. The number of nitrogens with zero attached hydrogens (tertiary/aromatic N) is 5. The van der Waals surface area contributed by atoms with E-state index in [0.717, 1.165) is 5.56 Å². The maximum atomic E-state index is 13.1. The third-order valence-electron chi connectivity index (χ3n) is 5.14. The molecule has 1 N–H and O–H groups in total. The predicted octanol–water partition coefficient (Wildman–Crippen LogP) is 4.38. The van der Waals surface area contributed by atoms with Gasteiger partial charge in [0.25, 0.3) is 11.8 Å². The van der Waals surface area contributed by atoms with Crippen molar-refractivity contribution < 1.29 is 13.7 Å². The molecule has 0 aliphatic heterocycles. The van der Waals surface area contributed by atoms with Gasteiger partial charge in [0, 0.05) is 12.1 Å². The molecule has 9 heteroatoms. The molecule has 0 radical (unpaired) electrons. The standard InChI is InChI=1S/C23H23FN6O2/c1-13(2)21-28-23(32-29-21)17-7-10-20(25-11-17)30-15(4)19(12-26-30)22(31)27-14(3)16-5-8-18(24)9-6-16/h5-14H,1-4H3,(H,27,31)/t14-/m0/s1. The molecule has 0 bridgehead atoms. The van der Waals surface area contributed by atoms with Gasteiger partial charge >= 0.3 is 0 Å². The number of rotatable bonds is 6. The first kappa shape index (κ1) is 21.4. The van der Waals surface area contributed by atoms with Crippen LogP contribution in [-0.4, -0.2) is 30.8 Å². The Kier molecular flexibility index (Phi) is 5.81. The number of hydrogen-bond acceptors (Lipinski definition) is 6. The first-order valence-corrected chi connectivity index (χ1v) is 10.2. The van der Waals surface area contributed by atoms with Crippen molar-refractivity contribution in [1.82, 2.24) is 30.2 Å². The third kappa shape index (κ3) is 4.27. The number of carbonyl (C=O) groups is 1. The summed E-state index contributed by atoms with van der Waals surface area (Å²) < 4.78 is 20.0. The summed E-state index contributed by atoms with van der Waals surface area (Å²) in [7, 11) is 0. The van der Waals surface area contributed by atoms with Crippen LogP contribution >= 0.6 is 0 Å². The van der Waals surface area contributed by atoms with E-state index in [4.69, 9.17) is 4.52 Å². The summed E-state index contributed by atoms with van der Waals surface area (Å²) in [5.41, 5.74) is 2.59. The maximum Gasteiger partial charge on any atom is 0.259 e. The molecule has 1 amide bonds. The van der Waals surface area contributed by atoms with Crippen molar-refractivity contribution in [2.45, 2.75) is 39.7 Å². The molecule has 3 heterocycles. The fraction of sp³-hybridized carbons (Fsp3) is 0.261. The Labute approximate surface area is 184 Å². The van der Waals surface area contributed by atoms with E-state index < -0.39 is 0 Å². The van der Waals surface area contributed by atoms with Crippen LogP contribution in [0, 0.1) is 12.7 Å². The van der Waals surface area contributed by atoms with Crippen LogP contribution in [-0.2, 0) is 0 Å². The van der Waals surface area contributed by atoms with Crippen LogP contribution in [0.25, 0.3) is 17.3 Å². The van der Waals surface area contributed by atoms with E-state index in [-0.39, 0.29) is 23.7 Å². The van der Waals surface area contributed by atoms with Crippen molar-refractivity contribution in [3.8, 4) is 17.3 Å². The average molecular weight is 434 g/mol. The lowest BCUT2D eigenvalue weighted by Gasteiger charge is -2.14. The van der Waals surface area contributed by atoms with Gasteiger partial charge in [0.15, 0.2) is 11.6 Å². The van der Waals surface area contributed by atoms with Crippen molar-refractivity contribution >= 4 is 5.91 Å². The van der Waals surface area contributed by atoms with Crippen LogP contribution in [0.2, 0.25) is 0 Å². The van der Waals surface area contributed by atoms with Gasteiger partial charge in [-0.25, -0.2) is 14.1 Å². The predicted molar refractivity (Wildman–Crippen MR) is 116 cm³/mol. The maximum absolute atomic E-state index is 13.1. The Hall–Kier alpha value is -3.88. The Balaban J connectivity index is 1.50. The minimum Gasteiger partial charge on any atom is -0.345 e. The molecule has 4 rings (SSSR count). The second-order valence-electron chi connectivity index (χ2n) is 7.82. The third-order valence-corrected chi connectivity index (χ3v) is 5.14. The summed E-state index contributed by atoms with van der Waals surface area (Å²) in [6.07, 6.45) is 3.13. The van der Waals surface area contributed by atoms with Gasteiger partial charge in [0.2, 0.25) is 0 Å². The summed E-state index contributed by atoms with van der Waals surface area (Å²) in [4.78, 5) is 21.6. The molecule has 32 heavy (non-hydrogen) atoms. The number of nitrogens with one attached hydrogen (secondary N) is 1. The van der Waals surface area contributed by atoms with Crippen LogP contribution in [0.15, 0.2) is 53.3 Å². The molecule has 0 aliphatic carbocycles. The van der Waals surface area contributed by atoms with Gasteiger partial charge in [0.05, 0.1) is 29.1 Å². The molecule has 0 unspecified atom stereocenters. The van der Waals surface area contributed by atoms with Crippen molar-refractivity contribution in [3.05, 3.63) is 77.3 Å². The van der Waals surface area contributed by atoms with E-state index in [1.165, 1.54) is 18.3 Å². The zero-order valence-corrected chi connectivity index (χ0v) is 18.2. The van der Waals surface area contributed by atoms with Gasteiger partial charge in [0.1, 0.15) is 5.82 Å². The largest absolute Gasteiger partial charge is 0.345 e. The molecule has 3 aromatic heterocycles. The van der Waals surface area contributed by atoms with Gasteiger partial charge in [-0.3, -0.25) is 4.79 Å². The molecular weight excluding hydrogens is 411 g/mol. The highest BCUT2D eigenvalue weighted by molar-refractivity contribution is 5.95. The van der Waals surface area contributed by atoms with Gasteiger partial charge in [-0.05, 0) is 43.7 Å². The molecule has 0 fully saturated rings. The summed E-state index contributed by atoms with van der Waals surface area (Å²) in [6, 6.07) is 9.34. The van der Waals surface area contributed by atoms with Crippen LogP contribution < -0.4 is 5.32 Å². The Morgan fingerprint density at radius 1 is 1.09 bits per heavy atom. The highest BCUT2D eigenvalue weighted by atomic mass is 19.1. The molecule has 0 spiro atoms. The molecule has 1 atom stereocenters. The molecule has 0 saturated heterocycles. The highest BCUT2D eigenvalue weighted by Gasteiger charge is 2.19. The Morgan fingerprint density at radius 2 is 1.84 bits per heavy atom. The van der Waals surface area contributed by atoms with Gasteiger partial charge < -0.3 is 9.84 Å². The van der Waals surface area contributed by atoms with Gasteiger partial charge in [-0.2, -0.15) is 10.1 Å². The van der Waals surface area contributed by atoms with Crippen molar-refractivity contribution in [2.75, 3.05) is 0 Å². The molecule has 4 aromatic rings. The number of halogens is 1. The normalized spacial score (nSPS) is 12.2. The van der Waals surface area contributed by atoms with Crippen molar-refractivity contribution in [3.63, 3.8) is 0 Å². The summed E-state index contributed by atoms with van der Waals surface area (Å²) in [5.74, 6) is 1.18. The van der Waals surface area contributed by atoms with Crippen LogP contribution in [0.4, 0.5) is 4.39 Å². The lowest BCUT2D eigenvalue weighted by atomic mass is 10.1. The minimum absolute atomic E-state index is 0.168. The zero-order chi connectivity index (χ0) is 22.8. The molecular formula is C23H23FN6O2. The van der Waals surface area contributed by atoms with Gasteiger partial charge in [-0.15, -0.1) is 0 Å².